The molecule has 1 aliphatic heterocycles. The lowest BCUT2D eigenvalue weighted by Crippen LogP contribution is -2.48. The van der Waals surface area contributed by atoms with Crippen molar-refractivity contribution in [3.05, 3.63) is 53.1 Å². The number of hydrogen-bond donors (Lipinski definition) is 1. The van der Waals surface area contributed by atoms with Gasteiger partial charge in [0.25, 0.3) is 5.91 Å². The van der Waals surface area contributed by atoms with E-state index in [0.29, 0.717) is 59.0 Å². The summed E-state index contributed by atoms with van der Waals surface area (Å²) in [7, 11) is 0. The van der Waals surface area contributed by atoms with Gasteiger partial charge in [-0.05, 0) is 49.8 Å². The van der Waals surface area contributed by atoms with Crippen LogP contribution in [0.5, 0.6) is 0 Å². The number of amides is 1. The Balaban J connectivity index is 1.39. The topological polar surface area (TPSA) is 83.9 Å². The quantitative estimate of drug-likeness (QED) is 0.594. The van der Waals surface area contributed by atoms with Gasteiger partial charge in [0, 0.05) is 37.2 Å². The highest BCUT2D eigenvalue weighted by molar-refractivity contribution is 7.15. The van der Waals surface area contributed by atoms with Gasteiger partial charge in [0.15, 0.2) is 11.0 Å². The molecule has 0 spiro atoms. The van der Waals surface area contributed by atoms with Crippen molar-refractivity contribution in [2.75, 3.05) is 18.4 Å². The zero-order valence-corrected chi connectivity index (χ0v) is 18.5. The molecule has 0 radical (unpaired) electrons. The molecule has 0 aromatic carbocycles. The molecule has 4 heterocycles. The normalized spacial score (nSPS) is 22.1. The van der Waals surface area contributed by atoms with Gasteiger partial charge in [-0.25, -0.2) is 19.9 Å². The third-order valence-electron chi connectivity index (χ3n) is 6.09. The third-order valence-corrected chi connectivity index (χ3v) is 7.09. The van der Waals surface area contributed by atoms with Crippen LogP contribution in [0, 0.1) is 18.8 Å². The Morgan fingerprint density at radius 3 is 2.70 bits per heavy atom. The number of aromatic nitrogens is 4. The first-order valence-electron chi connectivity index (χ1n) is 10.6. The molecule has 3 aromatic rings. The van der Waals surface area contributed by atoms with Crippen molar-refractivity contribution in [2.45, 2.75) is 32.0 Å². The van der Waals surface area contributed by atoms with Gasteiger partial charge in [-0.2, -0.15) is 13.2 Å². The van der Waals surface area contributed by atoms with E-state index in [1.807, 2.05) is 13.0 Å². The van der Waals surface area contributed by atoms with E-state index < -0.39 is 11.1 Å². The first-order chi connectivity index (χ1) is 15.8. The standard InChI is InChI=1S/C22H21F3N6OS/c1-12-3-4-16(19-26-5-2-6-27-19)18(30-12)20(32)31-11-14-7-13(14)8-15(31)9-28-21-29-10-17(33-21)22(23,24)25/h2-6,10,13-15H,7-9,11H2,1H3,(H,28,29)/t13-,14+,15+/m1/s1. The Hall–Kier alpha value is -3.08. The number of nitrogens with zero attached hydrogens (tertiary/aromatic N) is 5. The van der Waals surface area contributed by atoms with Crippen molar-refractivity contribution < 1.29 is 18.0 Å². The van der Waals surface area contributed by atoms with E-state index in [1.54, 1.807) is 29.4 Å². The molecule has 7 nitrogen and oxygen atoms in total. The molecular weight excluding hydrogens is 453 g/mol. The maximum absolute atomic E-state index is 13.7. The summed E-state index contributed by atoms with van der Waals surface area (Å²) in [5, 5.41) is 3.20. The predicted octanol–water partition coefficient (Wildman–Crippen LogP) is 4.29. The van der Waals surface area contributed by atoms with Gasteiger partial charge < -0.3 is 10.2 Å². The van der Waals surface area contributed by atoms with Crippen molar-refractivity contribution >= 4 is 22.4 Å². The molecule has 1 amide bonds. The first-order valence-corrected chi connectivity index (χ1v) is 11.4. The lowest BCUT2D eigenvalue weighted by Gasteiger charge is -2.35. The Morgan fingerprint density at radius 1 is 1.18 bits per heavy atom. The van der Waals surface area contributed by atoms with E-state index in [9.17, 15) is 18.0 Å². The molecule has 172 valence electrons. The maximum atomic E-state index is 13.7. The number of halogens is 3. The van der Waals surface area contributed by atoms with Gasteiger partial charge in [0.2, 0.25) is 0 Å². The fourth-order valence-electron chi connectivity index (χ4n) is 4.31. The summed E-state index contributed by atoms with van der Waals surface area (Å²) in [6, 6.07) is 5.15. The molecule has 3 atom stereocenters. The molecule has 0 unspecified atom stereocenters. The van der Waals surface area contributed by atoms with Crippen LogP contribution >= 0.6 is 11.3 Å². The van der Waals surface area contributed by atoms with E-state index in [4.69, 9.17) is 0 Å². The Morgan fingerprint density at radius 2 is 1.97 bits per heavy atom. The minimum Gasteiger partial charge on any atom is -0.359 e. The maximum Gasteiger partial charge on any atom is 0.427 e. The number of nitrogens with one attached hydrogen (secondary N) is 1. The van der Waals surface area contributed by atoms with Crippen molar-refractivity contribution in [1.29, 1.82) is 0 Å². The summed E-state index contributed by atoms with van der Waals surface area (Å²) in [5.41, 5.74) is 1.56. The van der Waals surface area contributed by atoms with Gasteiger partial charge in [-0.3, -0.25) is 4.79 Å². The number of aryl methyl sites for hydroxylation is 1. The largest absolute Gasteiger partial charge is 0.427 e. The highest BCUT2D eigenvalue weighted by Crippen LogP contribution is 2.47. The number of thiazole rings is 1. The van der Waals surface area contributed by atoms with Crippen molar-refractivity contribution in [3.63, 3.8) is 0 Å². The number of hydrogen-bond acceptors (Lipinski definition) is 7. The molecule has 1 saturated heterocycles. The fraction of sp³-hybridized carbons (Fsp3) is 0.409. The number of alkyl halides is 3. The third kappa shape index (κ3) is 4.54. The van der Waals surface area contributed by atoms with Crippen LogP contribution in [0.25, 0.3) is 11.4 Å². The SMILES string of the molecule is Cc1ccc(-c2ncccn2)c(C(=O)N2C[C@@H]3C[C@@H]3C[C@H]2CNc2ncc(C(F)(F)F)s2)n1. The number of rotatable bonds is 5. The van der Waals surface area contributed by atoms with Crippen LogP contribution in [0.15, 0.2) is 36.8 Å². The Kier molecular flexibility index (Phi) is 5.51. The van der Waals surface area contributed by atoms with Gasteiger partial charge in [0.1, 0.15) is 10.6 Å². The molecule has 1 aliphatic carbocycles. The summed E-state index contributed by atoms with van der Waals surface area (Å²) in [5.74, 6) is 1.22. The Labute approximate surface area is 192 Å². The number of carbonyl (C=O) groups excluding carboxylic acids is 1. The molecule has 33 heavy (non-hydrogen) atoms. The summed E-state index contributed by atoms with van der Waals surface area (Å²) in [6.45, 7) is 2.74. The molecule has 2 fully saturated rings. The molecule has 1 saturated carbocycles. The molecule has 0 bridgehead atoms. The number of carbonyl (C=O) groups is 1. The second-order valence-electron chi connectivity index (χ2n) is 8.43. The molecule has 5 rings (SSSR count). The van der Waals surface area contributed by atoms with Crippen molar-refractivity contribution in [2.24, 2.45) is 11.8 Å². The average Bonchev–Trinajstić information content (AvgIpc) is 3.38. The predicted molar refractivity (Wildman–Crippen MR) is 117 cm³/mol. The van der Waals surface area contributed by atoms with Crippen molar-refractivity contribution in [1.82, 2.24) is 24.8 Å². The number of piperidine rings is 1. The summed E-state index contributed by atoms with van der Waals surface area (Å²) in [6.07, 6.45) is 1.49. The van der Waals surface area contributed by atoms with Crippen LogP contribution in [0.1, 0.15) is 33.9 Å². The fourth-order valence-corrected chi connectivity index (χ4v) is 5.00. The zero-order valence-electron chi connectivity index (χ0n) is 17.7. The molecule has 11 heteroatoms. The van der Waals surface area contributed by atoms with Gasteiger partial charge >= 0.3 is 6.18 Å². The van der Waals surface area contributed by atoms with E-state index in [1.165, 1.54) is 0 Å². The van der Waals surface area contributed by atoms with E-state index in [0.717, 1.165) is 19.0 Å². The van der Waals surface area contributed by atoms with E-state index >= 15 is 0 Å². The minimum atomic E-state index is -4.42. The van der Waals surface area contributed by atoms with Crippen LogP contribution < -0.4 is 5.32 Å². The van der Waals surface area contributed by atoms with Crippen molar-refractivity contribution in [3.8, 4) is 11.4 Å². The van der Waals surface area contributed by atoms with Crippen LogP contribution in [0.3, 0.4) is 0 Å². The second kappa shape index (κ2) is 8.36. The van der Waals surface area contributed by atoms with Crippen LogP contribution in [0.2, 0.25) is 0 Å². The molecule has 1 N–H and O–H groups in total. The lowest BCUT2D eigenvalue weighted by atomic mass is 10.0. The highest BCUT2D eigenvalue weighted by Gasteiger charge is 2.47. The van der Waals surface area contributed by atoms with Gasteiger partial charge in [0.05, 0.1) is 11.8 Å². The lowest BCUT2D eigenvalue weighted by molar-refractivity contribution is -0.134. The summed E-state index contributed by atoms with van der Waals surface area (Å²) < 4.78 is 38.7. The molecule has 3 aromatic heterocycles. The highest BCUT2D eigenvalue weighted by atomic mass is 32.1. The van der Waals surface area contributed by atoms with Gasteiger partial charge in [-0.1, -0.05) is 11.3 Å². The monoisotopic (exact) mass is 474 g/mol. The minimum absolute atomic E-state index is 0.175. The summed E-state index contributed by atoms with van der Waals surface area (Å²) >= 11 is 0.568. The first kappa shape index (κ1) is 21.7. The second-order valence-corrected chi connectivity index (χ2v) is 9.46. The molecule has 2 aliphatic rings. The number of likely N-dealkylation sites (tertiary alicyclic amines) is 1. The van der Waals surface area contributed by atoms with Crippen LogP contribution in [-0.4, -0.2) is 49.9 Å². The molecular formula is C22H21F3N6OS. The van der Waals surface area contributed by atoms with E-state index in [2.05, 4.69) is 25.3 Å². The zero-order chi connectivity index (χ0) is 23.2. The summed E-state index contributed by atoms with van der Waals surface area (Å²) in [4.78, 5) is 31.6. The number of fused-ring (bicyclic) bond motifs is 1. The average molecular weight is 475 g/mol. The van der Waals surface area contributed by atoms with Crippen LogP contribution in [0.4, 0.5) is 18.3 Å². The van der Waals surface area contributed by atoms with Crippen LogP contribution in [-0.2, 0) is 6.18 Å². The number of pyridine rings is 1. The Bertz CT molecular complexity index is 1170. The smallest absolute Gasteiger partial charge is 0.359 e. The van der Waals surface area contributed by atoms with Gasteiger partial charge in [-0.15, -0.1) is 0 Å². The number of anilines is 1. The van der Waals surface area contributed by atoms with E-state index in [-0.39, 0.29) is 17.1 Å².